The monoisotopic (exact) mass is 396 g/mol. The Morgan fingerprint density at radius 1 is 1.31 bits per heavy atom. The van der Waals surface area contributed by atoms with Crippen LogP contribution in [-0.2, 0) is 14.9 Å². The Kier molecular flexibility index (Phi) is 3.11. The Balaban J connectivity index is 1.41. The summed E-state index contributed by atoms with van der Waals surface area (Å²) in [4.78, 5) is 7.69. The van der Waals surface area contributed by atoms with Gasteiger partial charge >= 0.3 is 0 Å². The molecule has 1 aromatic carbocycles. The molecule has 7 aliphatic heterocycles. The number of hydrogen-bond donors (Lipinski definition) is 0. The summed E-state index contributed by atoms with van der Waals surface area (Å²) in [5, 5.41) is 0. The van der Waals surface area contributed by atoms with E-state index in [1.807, 2.05) is 6.07 Å². The van der Waals surface area contributed by atoms with Crippen molar-refractivity contribution < 1.29 is 23.7 Å². The van der Waals surface area contributed by atoms with Crippen LogP contribution in [0.3, 0.4) is 0 Å². The number of nitrogens with zero attached hydrogens (tertiary/aromatic N) is 2. The molecular formula is C22H24N2O5. The largest absolute Gasteiger partial charge is 0.492 e. The van der Waals surface area contributed by atoms with E-state index in [0.29, 0.717) is 42.0 Å². The first kappa shape index (κ1) is 16.5. The molecule has 29 heavy (non-hydrogen) atoms. The van der Waals surface area contributed by atoms with Crippen LogP contribution in [0.5, 0.6) is 17.2 Å². The fraction of sp³-hybridized carbons (Fsp3) is 0.591. The Morgan fingerprint density at radius 2 is 2.24 bits per heavy atom. The predicted octanol–water partition coefficient (Wildman–Crippen LogP) is 2.40. The third-order valence-electron chi connectivity index (χ3n) is 8.03. The zero-order valence-electron chi connectivity index (χ0n) is 16.6. The van der Waals surface area contributed by atoms with E-state index < -0.39 is 0 Å². The van der Waals surface area contributed by atoms with Gasteiger partial charge < -0.3 is 23.7 Å². The van der Waals surface area contributed by atoms with Gasteiger partial charge in [0.05, 0.1) is 31.4 Å². The van der Waals surface area contributed by atoms with E-state index in [2.05, 4.69) is 11.0 Å². The van der Waals surface area contributed by atoms with Gasteiger partial charge in [0.25, 0.3) is 0 Å². The lowest BCUT2D eigenvalue weighted by Crippen LogP contribution is -2.61. The summed E-state index contributed by atoms with van der Waals surface area (Å²) in [5.41, 5.74) is 3.32. The normalized spacial score (nSPS) is 40.6. The van der Waals surface area contributed by atoms with E-state index in [4.69, 9.17) is 28.7 Å². The van der Waals surface area contributed by atoms with Crippen LogP contribution in [0.2, 0.25) is 0 Å². The number of rotatable bonds is 3. The summed E-state index contributed by atoms with van der Waals surface area (Å²) >= 11 is 0. The van der Waals surface area contributed by atoms with Crippen molar-refractivity contribution in [3.05, 3.63) is 23.3 Å². The van der Waals surface area contributed by atoms with E-state index in [-0.39, 0.29) is 12.2 Å². The molecular weight excluding hydrogens is 372 g/mol. The molecule has 8 rings (SSSR count). The van der Waals surface area contributed by atoms with Gasteiger partial charge in [0.1, 0.15) is 0 Å². The number of ether oxygens (including phenoxy) is 5. The Hall–Kier alpha value is -2.25. The minimum atomic E-state index is -0.247. The molecule has 0 radical (unpaired) electrons. The van der Waals surface area contributed by atoms with Crippen molar-refractivity contribution in [2.24, 2.45) is 16.8 Å². The van der Waals surface area contributed by atoms with Gasteiger partial charge in [-0.3, -0.25) is 4.90 Å². The lowest BCUT2D eigenvalue weighted by molar-refractivity contribution is -0.0156. The Bertz CT molecular complexity index is 988. The van der Waals surface area contributed by atoms with Gasteiger partial charge in [0.2, 0.25) is 18.4 Å². The van der Waals surface area contributed by atoms with Gasteiger partial charge in [-0.25, -0.2) is 4.99 Å². The molecule has 7 aliphatic rings. The maximum absolute atomic E-state index is 6.43. The van der Waals surface area contributed by atoms with Crippen molar-refractivity contribution in [2.75, 3.05) is 40.8 Å². The fourth-order valence-electron chi connectivity index (χ4n) is 6.99. The number of benzene rings is 1. The molecule has 5 saturated heterocycles. The summed E-state index contributed by atoms with van der Waals surface area (Å²) in [5.74, 6) is 4.14. The van der Waals surface area contributed by atoms with E-state index in [9.17, 15) is 0 Å². The van der Waals surface area contributed by atoms with Gasteiger partial charge in [-0.15, -0.1) is 0 Å². The minimum Gasteiger partial charge on any atom is -0.492 e. The molecule has 7 heterocycles. The molecule has 0 aliphatic carbocycles. The predicted molar refractivity (Wildman–Crippen MR) is 104 cm³/mol. The summed E-state index contributed by atoms with van der Waals surface area (Å²) < 4.78 is 29.1. The topological polar surface area (TPSA) is 61.8 Å². The lowest BCUT2D eigenvalue weighted by Gasteiger charge is -2.54. The highest BCUT2D eigenvalue weighted by atomic mass is 16.7. The molecule has 1 unspecified atom stereocenters. The molecule has 0 saturated carbocycles. The SMILES string of the molecule is COC/C=C1\CN2[C@H]3C[C@@H]1[C@@H]1COC4=Nc5cc6c(c(OC)c5[C@@]43C[C@@H]12)OCO6. The molecule has 0 N–H and O–H groups in total. The molecule has 0 aromatic heterocycles. The highest BCUT2D eigenvalue weighted by Gasteiger charge is 2.69. The second-order valence-corrected chi connectivity index (χ2v) is 8.94. The van der Waals surface area contributed by atoms with E-state index in [1.165, 1.54) is 5.57 Å². The molecule has 1 aromatic rings. The Morgan fingerprint density at radius 3 is 3.10 bits per heavy atom. The fourth-order valence-corrected chi connectivity index (χ4v) is 6.99. The van der Waals surface area contributed by atoms with Crippen LogP contribution in [0.1, 0.15) is 18.4 Å². The number of methoxy groups -OCH3 is 2. The zero-order valence-corrected chi connectivity index (χ0v) is 16.6. The number of hydrogen-bond acceptors (Lipinski definition) is 7. The van der Waals surface area contributed by atoms with E-state index >= 15 is 0 Å². The number of fused-ring (bicyclic) bond motifs is 3. The van der Waals surface area contributed by atoms with E-state index in [1.54, 1.807) is 14.2 Å². The van der Waals surface area contributed by atoms with Gasteiger partial charge in [-0.2, -0.15) is 0 Å². The highest BCUT2D eigenvalue weighted by molar-refractivity contribution is 6.00. The second kappa shape index (κ2) is 5.46. The third-order valence-corrected chi connectivity index (χ3v) is 8.03. The van der Waals surface area contributed by atoms with Crippen molar-refractivity contribution in [1.82, 2.24) is 4.90 Å². The molecule has 5 fully saturated rings. The van der Waals surface area contributed by atoms with Crippen LogP contribution in [0.4, 0.5) is 5.69 Å². The second-order valence-electron chi connectivity index (χ2n) is 8.94. The zero-order chi connectivity index (χ0) is 19.3. The molecule has 7 nitrogen and oxygen atoms in total. The van der Waals surface area contributed by atoms with E-state index in [0.717, 1.165) is 48.9 Å². The quantitative estimate of drug-likeness (QED) is 0.732. The first-order valence-electron chi connectivity index (χ1n) is 10.4. The number of piperidine rings is 3. The standard InChI is InChI=1S/C22H24N2O5/c1-25-4-3-11-8-24-15-7-22-17(24)5-12(11)13(15)9-27-21(22)23-14-6-16-19(29-10-28-16)20(26-2)18(14)22/h3,6,12-13,15,17H,4-5,7-10H2,1-2H3/b11-3+/t12-,13-,15-,17-,22-/m0/s1. The summed E-state index contributed by atoms with van der Waals surface area (Å²) in [6, 6.07) is 2.90. The van der Waals surface area contributed by atoms with Crippen molar-refractivity contribution in [3.8, 4) is 17.2 Å². The average molecular weight is 396 g/mol. The van der Waals surface area contributed by atoms with Gasteiger partial charge in [-0.05, 0) is 18.8 Å². The van der Waals surface area contributed by atoms with Gasteiger partial charge in [0.15, 0.2) is 11.5 Å². The highest BCUT2D eigenvalue weighted by Crippen LogP contribution is 2.66. The van der Waals surface area contributed by atoms with Crippen LogP contribution < -0.4 is 14.2 Å². The minimum absolute atomic E-state index is 0.227. The van der Waals surface area contributed by atoms with Crippen molar-refractivity contribution in [3.63, 3.8) is 0 Å². The molecule has 7 heteroatoms. The van der Waals surface area contributed by atoms with Crippen LogP contribution in [0, 0.1) is 11.8 Å². The summed E-state index contributed by atoms with van der Waals surface area (Å²) in [7, 11) is 3.47. The molecule has 1 spiro atoms. The smallest absolute Gasteiger partial charge is 0.231 e. The first-order valence-corrected chi connectivity index (χ1v) is 10.4. The maximum Gasteiger partial charge on any atom is 0.231 e. The van der Waals surface area contributed by atoms with Gasteiger partial charge in [-0.1, -0.05) is 11.6 Å². The lowest BCUT2D eigenvalue weighted by atomic mass is 9.68. The van der Waals surface area contributed by atoms with Crippen molar-refractivity contribution in [2.45, 2.75) is 30.3 Å². The average Bonchev–Trinajstić information content (AvgIpc) is 3.34. The Labute approximate surface area is 169 Å². The van der Waals surface area contributed by atoms with Crippen LogP contribution >= 0.6 is 0 Å². The number of aliphatic imine (C=N–C) groups is 1. The molecule has 152 valence electrons. The molecule has 0 amide bonds. The molecule has 6 atom stereocenters. The third kappa shape index (κ3) is 1.80. The van der Waals surface area contributed by atoms with Gasteiger partial charge in [0, 0.05) is 43.3 Å². The van der Waals surface area contributed by atoms with Crippen molar-refractivity contribution >= 4 is 11.6 Å². The van der Waals surface area contributed by atoms with Crippen LogP contribution in [0.25, 0.3) is 0 Å². The summed E-state index contributed by atoms with van der Waals surface area (Å²) in [6.45, 7) is 2.66. The van der Waals surface area contributed by atoms with Crippen molar-refractivity contribution in [1.29, 1.82) is 0 Å². The van der Waals surface area contributed by atoms with Crippen LogP contribution in [0.15, 0.2) is 22.7 Å². The maximum atomic E-state index is 6.43. The van der Waals surface area contributed by atoms with Crippen LogP contribution in [-0.4, -0.2) is 63.7 Å². The first-order chi connectivity index (χ1) is 14.3. The summed E-state index contributed by atoms with van der Waals surface area (Å²) in [6.07, 6.45) is 4.46. The molecule has 5 bridgehead atoms.